The van der Waals surface area contributed by atoms with Crippen LogP contribution >= 0.6 is 0 Å². The summed E-state index contributed by atoms with van der Waals surface area (Å²) in [6.45, 7) is 9.39. The molecule has 0 spiro atoms. The van der Waals surface area contributed by atoms with E-state index in [0.29, 0.717) is 12.5 Å². The second kappa shape index (κ2) is 9.57. The van der Waals surface area contributed by atoms with Gasteiger partial charge in [-0.15, -0.1) is 0 Å². The lowest BCUT2D eigenvalue weighted by atomic mass is 9.89. The minimum Gasteiger partial charge on any atom is -0.396 e. The Bertz CT molecular complexity index is 388. The minimum absolute atomic E-state index is 0.504. The summed E-state index contributed by atoms with van der Waals surface area (Å²) >= 11 is 0. The van der Waals surface area contributed by atoms with Gasteiger partial charge in [0, 0.05) is 5.92 Å². The molecule has 0 saturated heterocycles. The zero-order valence-electron chi connectivity index (χ0n) is 13.5. The van der Waals surface area contributed by atoms with Crippen LogP contribution in [-0.4, -0.2) is 12.3 Å². The Morgan fingerprint density at radius 2 is 1.60 bits per heavy atom. The first-order valence-electron chi connectivity index (χ1n) is 7.99. The van der Waals surface area contributed by atoms with Crippen LogP contribution in [0.5, 0.6) is 0 Å². The average molecular weight is 275 g/mol. The number of benzene rings is 1. The summed E-state index contributed by atoms with van der Waals surface area (Å²) in [4.78, 5) is 5.49. The van der Waals surface area contributed by atoms with Crippen LogP contribution in [0, 0.1) is 12.8 Å². The third-order valence-electron chi connectivity index (χ3n) is 3.47. The highest BCUT2D eigenvalue weighted by Crippen LogP contribution is 2.21. The van der Waals surface area contributed by atoms with E-state index in [-0.39, 0.29) is 0 Å². The number of hydrogen-bond acceptors (Lipinski definition) is 2. The largest absolute Gasteiger partial charge is 0.396 e. The van der Waals surface area contributed by atoms with Crippen molar-refractivity contribution in [2.24, 2.45) is 11.1 Å². The van der Waals surface area contributed by atoms with E-state index in [1.54, 1.807) is 0 Å². The summed E-state index contributed by atoms with van der Waals surface area (Å²) in [5.74, 6) is 0.504. The van der Waals surface area contributed by atoms with E-state index in [9.17, 15) is 0 Å². The quantitative estimate of drug-likeness (QED) is 0.338. The molecule has 2 nitrogen and oxygen atoms in total. The van der Waals surface area contributed by atoms with Crippen molar-refractivity contribution in [1.82, 2.24) is 0 Å². The van der Waals surface area contributed by atoms with Crippen LogP contribution < -0.4 is 0 Å². The fourth-order valence-corrected chi connectivity index (χ4v) is 2.41. The normalized spacial score (nSPS) is 11.9. The Hall–Kier alpha value is -1.31. The number of oxime groups is 1. The van der Waals surface area contributed by atoms with Crippen LogP contribution in [0.1, 0.15) is 64.0 Å². The van der Waals surface area contributed by atoms with E-state index in [1.165, 1.54) is 36.8 Å². The van der Waals surface area contributed by atoms with Crippen molar-refractivity contribution >= 4 is 5.71 Å². The molecule has 0 aliphatic carbocycles. The fraction of sp³-hybridized carbons (Fsp3) is 0.611. The van der Waals surface area contributed by atoms with E-state index >= 15 is 0 Å². The van der Waals surface area contributed by atoms with Gasteiger partial charge >= 0.3 is 0 Å². The highest BCUT2D eigenvalue weighted by molar-refractivity contribution is 6.01. The second-order valence-corrected chi connectivity index (χ2v) is 5.45. The Balaban J connectivity index is 2.98. The van der Waals surface area contributed by atoms with Gasteiger partial charge in [0.2, 0.25) is 0 Å². The van der Waals surface area contributed by atoms with Crippen molar-refractivity contribution in [3.63, 3.8) is 0 Å². The zero-order valence-corrected chi connectivity index (χ0v) is 13.5. The molecule has 0 heterocycles. The number of nitrogens with zero attached hydrogens (tertiary/aromatic N) is 1. The molecule has 2 heteroatoms. The van der Waals surface area contributed by atoms with Crippen molar-refractivity contribution in [2.75, 3.05) is 6.61 Å². The molecule has 0 unspecified atom stereocenters. The maximum Gasteiger partial charge on any atom is 0.116 e. The zero-order chi connectivity index (χ0) is 14.8. The highest BCUT2D eigenvalue weighted by Gasteiger charge is 2.17. The van der Waals surface area contributed by atoms with Gasteiger partial charge in [0.15, 0.2) is 0 Å². The van der Waals surface area contributed by atoms with E-state index in [4.69, 9.17) is 4.84 Å². The molecule has 1 rings (SSSR count). The lowest BCUT2D eigenvalue weighted by molar-refractivity contribution is 0.143. The predicted octanol–water partition coefficient (Wildman–Crippen LogP) is 5.34. The van der Waals surface area contributed by atoms with E-state index in [1.807, 2.05) is 0 Å². The Morgan fingerprint density at radius 3 is 2.10 bits per heavy atom. The topological polar surface area (TPSA) is 21.6 Å². The van der Waals surface area contributed by atoms with Gasteiger partial charge in [-0.1, -0.05) is 68.6 Å². The molecule has 0 N–H and O–H groups in total. The SMILES string of the molecule is CCCON=C(c1ccc(C)cc1)C(CCC)CCC. The molecule has 0 aliphatic heterocycles. The van der Waals surface area contributed by atoms with Crippen LogP contribution in [0.3, 0.4) is 0 Å². The van der Waals surface area contributed by atoms with Crippen LogP contribution in [0.2, 0.25) is 0 Å². The Morgan fingerprint density at radius 1 is 1.00 bits per heavy atom. The van der Waals surface area contributed by atoms with Gasteiger partial charge in [-0.25, -0.2) is 0 Å². The first-order valence-corrected chi connectivity index (χ1v) is 7.99. The molecule has 0 radical (unpaired) electrons. The molecule has 0 aromatic heterocycles. The maximum atomic E-state index is 5.49. The van der Waals surface area contributed by atoms with Crippen molar-refractivity contribution < 1.29 is 4.84 Å². The van der Waals surface area contributed by atoms with Crippen molar-refractivity contribution in [1.29, 1.82) is 0 Å². The van der Waals surface area contributed by atoms with Crippen molar-refractivity contribution in [3.8, 4) is 0 Å². The van der Waals surface area contributed by atoms with Gasteiger partial charge in [-0.2, -0.15) is 0 Å². The Labute approximate surface area is 124 Å². The van der Waals surface area contributed by atoms with E-state index in [0.717, 1.165) is 12.1 Å². The third kappa shape index (κ3) is 5.36. The van der Waals surface area contributed by atoms with Crippen LogP contribution in [-0.2, 0) is 4.84 Å². The van der Waals surface area contributed by atoms with Gasteiger partial charge in [-0.3, -0.25) is 0 Å². The second-order valence-electron chi connectivity index (χ2n) is 5.45. The molecule has 0 atom stereocenters. The standard InChI is InChI=1S/C18H29NO/c1-5-8-16(9-6-2)18(19-20-14-7-3)17-12-10-15(4)11-13-17/h10-13,16H,5-9,14H2,1-4H3. The predicted molar refractivity (Wildman–Crippen MR) is 87.3 cm³/mol. The summed E-state index contributed by atoms with van der Waals surface area (Å²) in [5, 5.41) is 4.47. The molecule has 20 heavy (non-hydrogen) atoms. The van der Waals surface area contributed by atoms with Gasteiger partial charge in [0.25, 0.3) is 0 Å². The summed E-state index contributed by atoms with van der Waals surface area (Å²) < 4.78 is 0. The first kappa shape index (κ1) is 16.7. The monoisotopic (exact) mass is 275 g/mol. The molecule has 1 aromatic rings. The van der Waals surface area contributed by atoms with Gasteiger partial charge in [0.05, 0.1) is 5.71 Å². The van der Waals surface area contributed by atoms with Crippen LogP contribution in [0.15, 0.2) is 29.4 Å². The molecular formula is C18H29NO. The summed E-state index contributed by atoms with van der Waals surface area (Å²) in [6.07, 6.45) is 5.72. The van der Waals surface area contributed by atoms with E-state index in [2.05, 4.69) is 57.1 Å². The van der Waals surface area contributed by atoms with Gasteiger partial charge in [0.1, 0.15) is 6.61 Å². The number of hydrogen-bond donors (Lipinski definition) is 0. The average Bonchev–Trinajstić information content (AvgIpc) is 2.45. The van der Waals surface area contributed by atoms with Gasteiger partial charge in [-0.05, 0) is 31.7 Å². The van der Waals surface area contributed by atoms with E-state index < -0.39 is 0 Å². The summed E-state index contributed by atoms with van der Waals surface area (Å²) in [5.41, 5.74) is 3.62. The molecule has 112 valence electrons. The Kier molecular flexibility index (Phi) is 8.01. The van der Waals surface area contributed by atoms with Crippen molar-refractivity contribution in [3.05, 3.63) is 35.4 Å². The summed E-state index contributed by atoms with van der Waals surface area (Å²) in [7, 11) is 0. The lowest BCUT2D eigenvalue weighted by Crippen LogP contribution is -2.17. The number of aryl methyl sites for hydroxylation is 1. The first-order chi connectivity index (χ1) is 9.72. The molecule has 0 saturated carbocycles. The van der Waals surface area contributed by atoms with Crippen LogP contribution in [0.4, 0.5) is 0 Å². The number of rotatable bonds is 9. The molecule has 0 bridgehead atoms. The van der Waals surface area contributed by atoms with Crippen molar-refractivity contribution in [2.45, 2.75) is 59.8 Å². The molecule has 0 aliphatic rings. The highest BCUT2D eigenvalue weighted by atomic mass is 16.6. The fourth-order valence-electron chi connectivity index (χ4n) is 2.41. The molecular weight excluding hydrogens is 246 g/mol. The molecule has 1 aromatic carbocycles. The summed E-state index contributed by atoms with van der Waals surface area (Å²) in [6, 6.07) is 8.64. The third-order valence-corrected chi connectivity index (χ3v) is 3.47. The molecule has 0 amide bonds. The minimum atomic E-state index is 0.504. The smallest absolute Gasteiger partial charge is 0.116 e. The van der Waals surface area contributed by atoms with Crippen LogP contribution in [0.25, 0.3) is 0 Å². The van der Waals surface area contributed by atoms with Gasteiger partial charge < -0.3 is 4.84 Å². The molecule has 0 fully saturated rings. The maximum absolute atomic E-state index is 5.49. The lowest BCUT2D eigenvalue weighted by Gasteiger charge is -2.18.